The zero-order valence-electron chi connectivity index (χ0n) is 22.8. The van der Waals surface area contributed by atoms with Gasteiger partial charge in [0.15, 0.2) is 5.76 Å². The van der Waals surface area contributed by atoms with E-state index >= 15 is 0 Å². The summed E-state index contributed by atoms with van der Waals surface area (Å²) in [5, 5.41) is 15.2. The maximum atomic E-state index is 13.9. The lowest BCUT2D eigenvalue weighted by Crippen LogP contribution is -2.46. The number of amides is 2. The summed E-state index contributed by atoms with van der Waals surface area (Å²) in [7, 11) is 1.57. The van der Waals surface area contributed by atoms with Gasteiger partial charge in [0, 0.05) is 19.7 Å². The normalized spacial score (nSPS) is 15.4. The summed E-state index contributed by atoms with van der Waals surface area (Å²) in [6.45, 7) is 2.54. The zero-order valence-corrected chi connectivity index (χ0v) is 22.8. The lowest BCUT2D eigenvalue weighted by atomic mass is 10.0. The van der Waals surface area contributed by atoms with Crippen LogP contribution in [0.25, 0.3) is 11.6 Å². The van der Waals surface area contributed by atoms with Gasteiger partial charge in [-0.15, -0.1) is 10.2 Å². The molecule has 5 rings (SSSR count). The van der Waals surface area contributed by atoms with Gasteiger partial charge in [-0.05, 0) is 72.5 Å². The Hall–Kier alpha value is -4.58. The van der Waals surface area contributed by atoms with Gasteiger partial charge in [0.05, 0.1) is 13.2 Å². The first-order valence-corrected chi connectivity index (χ1v) is 13.3. The van der Waals surface area contributed by atoms with Crippen molar-refractivity contribution in [2.75, 3.05) is 20.3 Å². The molecule has 3 heterocycles. The Kier molecular flexibility index (Phi) is 8.68. The van der Waals surface area contributed by atoms with E-state index in [-0.39, 0.29) is 25.0 Å². The number of rotatable bonds is 11. The Morgan fingerprint density at radius 2 is 1.93 bits per heavy atom. The lowest BCUT2D eigenvalue weighted by Gasteiger charge is -2.31. The molecule has 4 aromatic rings. The van der Waals surface area contributed by atoms with Crippen molar-refractivity contribution in [1.82, 2.24) is 30.4 Å². The standard InChI is InChI=1S/C29H31FN6O5/c1-19-5-14-25(41-19)28-32-34-36(33-28)18-26(37)35(17-20-6-12-23(39-2)13-7-20)27(21-8-10-22(30)11-9-21)29(38)31-16-24-4-3-15-40-24/h5-14,24,27H,3-4,15-18H2,1-2H3,(H,31,38). The van der Waals surface area contributed by atoms with Crippen LogP contribution in [-0.4, -0.2) is 63.3 Å². The van der Waals surface area contributed by atoms with Crippen molar-refractivity contribution in [3.8, 4) is 17.3 Å². The van der Waals surface area contributed by atoms with Gasteiger partial charge < -0.3 is 24.1 Å². The Balaban J connectivity index is 1.45. The second kappa shape index (κ2) is 12.7. The highest BCUT2D eigenvalue weighted by Crippen LogP contribution is 2.26. The second-order valence-corrected chi connectivity index (χ2v) is 9.76. The number of methoxy groups -OCH3 is 1. The van der Waals surface area contributed by atoms with Crippen LogP contribution >= 0.6 is 0 Å². The third-order valence-electron chi connectivity index (χ3n) is 6.80. The number of hydrogen-bond donors (Lipinski definition) is 1. The third kappa shape index (κ3) is 6.95. The fourth-order valence-corrected chi connectivity index (χ4v) is 4.66. The molecule has 2 amide bonds. The minimum atomic E-state index is -1.07. The largest absolute Gasteiger partial charge is 0.497 e. The Labute approximate surface area is 236 Å². The fraction of sp³-hybridized carbons (Fsp3) is 0.345. The van der Waals surface area contributed by atoms with Crippen LogP contribution in [0.15, 0.2) is 65.1 Å². The van der Waals surface area contributed by atoms with Crippen molar-refractivity contribution in [2.45, 2.75) is 45.0 Å². The number of ether oxygens (including phenoxy) is 2. The van der Waals surface area contributed by atoms with Gasteiger partial charge in [-0.2, -0.15) is 4.80 Å². The molecule has 214 valence electrons. The van der Waals surface area contributed by atoms with Crippen molar-refractivity contribution in [2.24, 2.45) is 0 Å². The number of carbonyl (C=O) groups is 2. The molecular weight excluding hydrogens is 531 g/mol. The first-order valence-electron chi connectivity index (χ1n) is 13.3. The molecule has 0 spiro atoms. The Bertz CT molecular complexity index is 1460. The third-order valence-corrected chi connectivity index (χ3v) is 6.80. The highest BCUT2D eigenvalue weighted by Gasteiger charge is 2.33. The highest BCUT2D eigenvalue weighted by molar-refractivity contribution is 5.88. The monoisotopic (exact) mass is 562 g/mol. The van der Waals surface area contributed by atoms with Crippen LogP contribution in [-0.2, 0) is 27.4 Å². The molecule has 1 aliphatic heterocycles. The number of halogens is 1. The van der Waals surface area contributed by atoms with E-state index in [0.29, 0.717) is 36.0 Å². The molecule has 1 aliphatic rings. The lowest BCUT2D eigenvalue weighted by molar-refractivity contribution is -0.142. The molecule has 0 bridgehead atoms. The maximum absolute atomic E-state index is 13.9. The molecule has 1 fully saturated rings. The van der Waals surface area contributed by atoms with Crippen molar-refractivity contribution in [3.63, 3.8) is 0 Å². The summed E-state index contributed by atoms with van der Waals surface area (Å²) in [5.41, 5.74) is 1.22. The number of hydrogen-bond acceptors (Lipinski definition) is 8. The van der Waals surface area contributed by atoms with Gasteiger partial charge in [0.2, 0.25) is 17.6 Å². The van der Waals surface area contributed by atoms with E-state index in [1.807, 2.05) is 12.1 Å². The van der Waals surface area contributed by atoms with Crippen LogP contribution in [0.4, 0.5) is 4.39 Å². The SMILES string of the molecule is COc1ccc(CN(C(=O)Cn2nnc(-c3ccc(C)o3)n2)C(C(=O)NCC2CCCO2)c2ccc(F)cc2)cc1. The molecule has 0 saturated carbocycles. The first-order chi connectivity index (χ1) is 19.9. The molecule has 2 atom stereocenters. The van der Waals surface area contributed by atoms with Gasteiger partial charge in [0.1, 0.15) is 29.9 Å². The minimum Gasteiger partial charge on any atom is -0.497 e. The first kappa shape index (κ1) is 28.0. The topological polar surface area (TPSA) is 125 Å². The van der Waals surface area contributed by atoms with E-state index < -0.39 is 23.7 Å². The van der Waals surface area contributed by atoms with Crippen molar-refractivity contribution >= 4 is 11.8 Å². The number of aromatic nitrogens is 4. The number of tetrazole rings is 1. The number of aryl methyl sites for hydroxylation is 1. The van der Waals surface area contributed by atoms with E-state index in [2.05, 4.69) is 20.7 Å². The number of furan rings is 1. The van der Waals surface area contributed by atoms with Gasteiger partial charge >= 0.3 is 0 Å². The van der Waals surface area contributed by atoms with Crippen LogP contribution in [0.2, 0.25) is 0 Å². The quantitative estimate of drug-likeness (QED) is 0.295. The Morgan fingerprint density at radius 1 is 1.15 bits per heavy atom. The van der Waals surface area contributed by atoms with E-state index in [0.717, 1.165) is 23.2 Å². The van der Waals surface area contributed by atoms with E-state index in [1.54, 1.807) is 38.3 Å². The van der Waals surface area contributed by atoms with Crippen LogP contribution in [0.3, 0.4) is 0 Å². The molecule has 0 aliphatic carbocycles. The fourth-order valence-electron chi connectivity index (χ4n) is 4.66. The van der Waals surface area contributed by atoms with E-state index in [1.165, 1.54) is 29.2 Å². The van der Waals surface area contributed by atoms with Crippen LogP contribution in [0.1, 0.15) is 35.8 Å². The maximum Gasteiger partial charge on any atom is 0.247 e. The van der Waals surface area contributed by atoms with E-state index in [4.69, 9.17) is 13.9 Å². The average Bonchev–Trinajstić information content (AvgIpc) is 3.76. The molecule has 0 radical (unpaired) electrons. The van der Waals surface area contributed by atoms with Crippen molar-refractivity contribution in [3.05, 3.63) is 83.4 Å². The summed E-state index contributed by atoms with van der Waals surface area (Å²) in [6.07, 6.45) is 1.67. The predicted molar refractivity (Wildman–Crippen MR) is 145 cm³/mol. The second-order valence-electron chi connectivity index (χ2n) is 9.76. The molecular formula is C29H31FN6O5. The highest BCUT2D eigenvalue weighted by atomic mass is 19.1. The van der Waals surface area contributed by atoms with Gasteiger partial charge in [0.25, 0.3) is 0 Å². The molecule has 41 heavy (non-hydrogen) atoms. The van der Waals surface area contributed by atoms with Crippen molar-refractivity contribution in [1.29, 1.82) is 0 Å². The number of nitrogens with zero attached hydrogens (tertiary/aromatic N) is 5. The number of carbonyl (C=O) groups excluding carboxylic acids is 2. The van der Waals surface area contributed by atoms with Gasteiger partial charge in [-0.25, -0.2) is 4.39 Å². The van der Waals surface area contributed by atoms with Crippen LogP contribution in [0, 0.1) is 12.7 Å². The molecule has 2 unspecified atom stereocenters. The number of nitrogens with one attached hydrogen (secondary N) is 1. The van der Waals surface area contributed by atoms with Crippen molar-refractivity contribution < 1.29 is 27.9 Å². The molecule has 1 N–H and O–H groups in total. The van der Waals surface area contributed by atoms with Crippen LogP contribution < -0.4 is 10.1 Å². The molecule has 11 nitrogen and oxygen atoms in total. The summed E-state index contributed by atoms with van der Waals surface area (Å²) < 4.78 is 30.3. The molecule has 1 saturated heterocycles. The van der Waals surface area contributed by atoms with Gasteiger partial charge in [-0.1, -0.05) is 24.3 Å². The van der Waals surface area contributed by atoms with E-state index in [9.17, 15) is 14.0 Å². The predicted octanol–water partition coefficient (Wildman–Crippen LogP) is 3.45. The average molecular weight is 563 g/mol. The minimum absolute atomic E-state index is 0.0805. The summed E-state index contributed by atoms with van der Waals surface area (Å²) in [4.78, 5) is 30.2. The zero-order chi connectivity index (χ0) is 28.8. The summed E-state index contributed by atoms with van der Waals surface area (Å²) in [5.74, 6) is 0.700. The summed E-state index contributed by atoms with van der Waals surface area (Å²) in [6, 6.07) is 15.2. The molecule has 2 aromatic carbocycles. The smallest absolute Gasteiger partial charge is 0.247 e. The molecule has 12 heteroatoms. The van der Waals surface area contributed by atoms with Crippen LogP contribution in [0.5, 0.6) is 5.75 Å². The number of benzene rings is 2. The molecule has 2 aromatic heterocycles. The Morgan fingerprint density at radius 3 is 2.59 bits per heavy atom. The summed E-state index contributed by atoms with van der Waals surface area (Å²) >= 11 is 0. The van der Waals surface area contributed by atoms with Gasteiger partial charge in [-0.3, -0.25) is 9.59 Å².